The van der Waals surface area contributed by atoms with Crippen LogP contribution in [0.15, 0.2) is 35.0 Å². The van der Waals surface area contributed by atoms with Gasteiger partial charge < -0.3 is 10.1 Å². The summed E-state index contributed by atoms with van der Waals surface area (Å²) in [4.78, 5) is 10.3. The molecule has 1 aromatic heterocycles. The number of nitro groups is 1. The molecule has 0 atom stereocenters. The van der Waals surface area contributed by atoms with Gasteiger partial charge in [0.2, 0.25) is 0 Å². The number of methoxy groups -OCH3 is 1. The lowest BCUT2D eigenvalue weighted by Crippen LogP contribution is -2.02. The lowest BCUT2D eigenvalue weighted by Gasteiger charge is -2.09. The van der Waals surface area contributed by atoms with Crippen LogP contribution in [0.1, 0.15) is 5.56 Å². The fourth-order valence-corrected chi connectivity index (χ4v) is 2.19. The molecule has 0 amide bonds. The topological polar surface area (TPSA) is 64.4 Å². The molecule has 94 valence electrons. The molecular formula is C12H12N2O3S. The van der Waals surface area contributed by atoms with E-state index < -0.39 is 4.92 Å². The summed E-state index contributed by atoms with van der Waals surface area (Å²) in [6.07, 6.45) is 0. The van der Waals surface area contributed by atoms with E-state index in [-0.39, 0.29) is 5.69 Å². The van der Waals surface area contributed by atoms with Crippen LogP contribution in [0.25, 0.3) is 0 Å². The van der Waals surface area contributed by atoms with Crippen molar-refractivity contribution >= 4 is 22.7 Å². The average molecular weight is 264 g/mol. The van der Waals surface area contributed by atoms with E-state index in [1.54, 1.807) is 24.5 Å². The molecule has 5 nitrogen and oxygen atoms in total. The van der Waals surface area contributed by atoms with Crippen molar-refractivity contribution in [2.45, 2.75) is 6.54 Å². The van der Waals surface area contributed by atoms with Gasteiger partial charge in [0.15, 0.2) is 0 Å². The van der Waals surface area contributed by atoms with E-state index in [0.29, 0.717) is 12.3 Å². The van der Waals surface area contributed by atoms with Crippen LogP contribution in [0.5, 0.6) is 5.75 Å². The number of nitrogens with one attached hydrogen (secondary N) is 1. The molecule has 0 radical (unpaired) electrons. The standard InChI is InChI=1S/C12H12N2O3S/c1-17-12-3-2-11(14(15)16)6-9(12)7-13-10-4-5-18-8-10/h2-6,8,13H,7H2,1H3. The quantitative estimate of drug-likeness (QED) is 0.665. The molecule has 0 aliphatic rings. The first-order chi connectivity index (χ1) is 8.70. The van der Waals surface area contributed by atoms with E-state index >= 15 is 0 Å². The third-order valence-electron chi connectivity index (χ3n) is 2.48. The van der Waals surface area contributed by atoms with Crippen molar-refractivity contribution < 1.29 is 9.66 Å². The molecule has 0 spiro atoms. The highest BCUT2D eigenvalue weighted by atomic mass is 32.1. The molecule has 0 saturated carbocycles. The minimum Gasteiger partial charge on any atom is -0.496 e. The number of hydrogen-bond donors (Lipinski definition) is 1. The third kappa shape index (κ3) is 2.78. The van der Waals surface area contributed by atoms with E-state index in [9.17, 15) is 10.1 Å². The van der Waals surface area contributed by atoms with E-state index in [2.05, 4.69) is 5.32 Å². The monoisotopic (exact) mass is 264 g/mol. The molecule has 0 saturated heterocycles. The lowest BCUT2D eigenvalue weighted by molar-refractivity contribution is -0.384. The van der Waals surface area contributed by atoms with Crippen molar-refractivity contribution in [2.24, 2.45) is 0 Å². The van der Waals surface area contributed by atoms with Gasteiger partial charge in [-0.25, -0.2) is 0 Å². The summed E-state index contributed by atoms with van der Waals surface area (Å²) in [6, 6.07) is 6.53. The Morgan fingerprint density at radius 2 is 2.28 bits per heavy atom. The molecule has 2 aromatic rings. The Bertz CT molecular complexity index is 540. The second kappa shape index (κ2) is 5.50. The Morgan fingerprint density at radius 1 is 1.44 bits per heavy atom. The van der Waals surface area contributed by atoms with Gasteiger partial charge in [-0.3, -0.25) is 10.1 Å². The highest BCUT2D eigenvalue weighted by molar-refractivity contribution is 7.08. The van der Waals surface area contributed by atoms with Crippen LogP contribution < -0.4 is 10.1 Å². The van der Waals surface area contributed by atoms with Gasteiger partial charge in [0.1, 0.15) is 5.75 Å². The van der Waals surface area contributed by atoms with Crippen LogP contribution in [0.4, 0.5) is 11.4 Å². The van der Waals surface area contributed by atoms with Crippen LogP contribution in [0.3, 0.4) is 0 Å². The summed E-state index contributed by atoms with van der Waals surface area (Å²) in [7, 11) is 1.55. The van der Waals surface area contributed by atoms with Gasteiger partial charge in [0.05, 0.1) is 12.0 Å². The number of rotatable bonds is 5. The zero-order valence-corrected chi connectivity index (χ0v) is 10.6. The molecular weight excluding hydrogens is 252 g/mol. The van der Waals surface area contributed by atoms with Gasteiger partial charge >= 0.3 is 0 Å². The zero-order chi connectivity index (χ0) is 13.0. The number of benzene rings is 1. The molecule has 0 aliphatic heterocycles. The fourth-order valence-electron chi connectivity index (χ4n) is 1.58. The van der Waals surface area contributed by atoms with E-state index in [1.807, 2.05) is 16.8 Å². The lowest BCUT2D eigenvalue weighted by atomic mass is 10.1. The molecule has 18 heavy (non-hydrogen) atoms. The molecule has 2 rings (SSSR count). The summed E-state index contributed by atoms with van der Waals surface area (Å²) in [6.45, 7) is 0.488. The molecule has 1 heterocycles. The third-order valence-corrected chi connectivity index (χ3v) is 3.16. The molecule has 1 aromatic carbocycles. The maximum absolute atomic E-state index is 10.7. The van der Waals surface area contributed by atoms with Gasteiger partial charge in [-0.15, -0.1) is 0 Å². The minimum absolute atomic E-state index is 0.0675. The number of non-ortho nitro benzene ring substituents is 1. The summed E-state index contributed by atoms with van der Waals surface area (Å²) >= 11 is 1.59. The second-order valence-electron chi connectivity index (χ2n) is 3.62. The number of ether oxygens (including phenoxy) is 1. The molecule has 6 heteroatoms. The number of hydrogen-bond acceptors (Lipinski definition) is 5. The fraction of sp³-hybridized carbons (Fsp3) is 0.167. The minimum atomic E-state index is -0.409. The van der Waals surface area contributed by atoms with Crippen molar-refractivity contribution in [3.63, 3.8) is 0 Å². The van der Waals surface area contributed by atoms with Gasteiger partial charge in [0.25, 0.3) is 5.69 Å². The summed E-state index contributed by atoms with van der Waals surface area (Å²) < 4.78 is 5.19. The van der Waals surface area contributed by atoms with Crippen molar-refractivity contribution in [1.82, 2.24) is 0 Å². The Morgan fingerprint density at radius 3 is 2.89 bits per heavy atom. The van der Waals surface area contributed by atoms with Crippen LogP contribution in [-0.2, 0) is 6.54 Å². The van der Waals surface area contributed by atoms with Crippen molar-refractivity contribution in [3.05, 3.63) is 50.7 Å². The molecule has 1 N–H and O–H groups in total. The van der Waals surface area contributed by atoms with Crippen molar-refractivity contribution in [3.8, 4) is 5.75 Å². The highest BCUT2D eigenvalue weighted by Gasteiger charge is 2.11. The van der Waals surface area contributed by atoms with Crippen LogP contribution in [-0.4, -0.2) is 12.0 Å². The number of nitrogens with zero attached hydrogens (tertiary/aromatic N) is 1. The van der Waals surface area contributed by atoms with E-state index in [0.717, 1.165) is 11.3 Å². The summed E-state index contributed by atoms with van der Waals surface area (Å²) in [5, 5.41) is 17.9. The molecule has 0 aliphatic carbocycles. The van der Waals surface area contributed by atoms with Crippen LogP contribution >= 0.6 is 11.3 Å². The first-order valence-electron chi connectivity index (χ1n) is 5.28. The van der Waals surface area contributed by atoms with Crippen LogP contribution in [0.2, 0.25) is 0 Å². The predicted molar refractivity (Wildman–Crippen MR) is 71.3 cm³/mol. The van der Waals surface area contributed by atoms with E-state index in [1.165, 1.54) is 12.1 Å². The first-order valence-corrected chi connectivity index (χ1v) is 6.22. The first kappa shape index (κ1) is 12.4. The van der Waals surface area contributed by atoms with Gasteiger partial charge in [-0.1, -0.05) is 0 Å². The number of thiophene rings is 1. The second-order valence-corrected chi connectivity index (χ2v) is 4.40. The normalized spacial score (nSPS) is 10.1. The molecule has 0 fully saturated rings. The Hall–Kier alpha value is -2.08. The van der Waals surface area contributed by atoms with Gasteiger partial charge in [-0.05, 0) is 17.5 Å². The maximum Gasteiger partial charge on any atom is 0.270 e. The van der Waals surface area contributed by atoms with E-state index in [4.69, 9.17) is 4.74 Å². The average Bonchev–Trinajstić information content (AvgIpc) is 2.89. The Balaban J connectivity index is 2.18. The molecule has 0 bridgehead atoms. The van der Waals surface area contributed by atoms with Crippen LogP contribution in [0, 0.1) is 10.1 Å². The van der Waals surface area contributed by atoms with Crippen molar-refractivity contribution in [1.29, 1.82) is 0 Å². The van der Waals surface area contributed by atoms with Gasteiger partial charge in [0, 0.05) is 35.3 Å². The van der Waals surface area contributed by atoms with Gasteiger partial charge in [-0.2, -0.15) is 11.3 Å². The number of nitro benzene ring substituents is 1. The van der Waals surface area contributed by atoms with Crippen molar-refractivity contribution in [2.75, 3.05) is 12.4 Å². The Kier molecular flexibility index (Phi) is 3.78. The Labute approximate surface area is 108 Å². The SMILES string of the molecule is COc1ccc([N+](=O)[O-])cc1CNc1ccsc1. The summed E-state index contributed by atoms with van der Waals surface area (Å²) in [5.74, 6) is 0.642. The summed E-state index contributed by atoms with van der Waals surface area (Å²) in [5.41, 5.74) is 1.82. The maximum atomic E-state index is 10.7. The molecule has 0 unspecified atom stereocenters. The predicted octanol–water partition coefficient (Wildman–Crippen LogP) is 3.28. The smallest absolute Gasteiger partial charge is 0.270 e. The highest BCUT2D eigenvalue weighted by Crippen LogP contribution is 2.25. The number of anilines is 1. The zero-order valence-electron chi connectivity index (χ0n) is 9.75. The largest absolute Gasteiger partial charge is 0.496 e.